The molecule has 0 aromatic heterocycles. The zero-order chi connectivity index (χ0) is 12.3. The van der Waals surface area contributed by atoms with Gasteiger partial charge in [-0.3, -0.25) is 0 Å². The molecule has 1 nitrogen and oxygen atoms in total. The van der Waals surface area contributed by atoms with Gasteiger partial charge in [0.25, 0.3) is 0 Å². The standard InChI is InChI=1S/C14H13F2N/c1-10-6-7-12(8-14(10)16)17-9-11-4-2-3-5-13(11)15/h2-8,17H,9H2,1H3. The summed E-state index contributed by atoms with van der Waals surface area (Å²) < 4.78 is 26.6. The van der Waals surface area contributed by atoms with Crippen LogP contribution in [0.1, 0.15) is 11.1 Å². The summed E-state index contributed by atoms with van der Waals surface area (Å²) in [5.41, 5.74) is 1.81. The van der Waals surface area contributed by atoms with Gasteiger partial charge >= 0.3 is 0 Å². The second-order valence-corrected chi connectivity index (χ2v) is 3.91. The largest absolute Gasteiger partial charge is 0.381 e. The summed E-state index contributed by atoms with van der Waals surface area (Å²) in [6.45, 7) is 2.05. The van der Waals surface area contributed by atoms with E-state index in [-0.39, 0.29) is 11.6 Å². The highest BCUT2D eigenvalue weighted by molar-refractivity contribution is 5.45. The van der Waals surface area contributed by atoms with Crippen molar-refractivity contribution in [3.8, 4) is 0 Å². The number of nitrogens with one attached hydrogen (secondary N) is 1. The third kappa shape index (κ3) is 2.81. The smallest absolute Gasteiger partial charge is 0.128 e. The average Bonchev–Trinajstić information content (AvgIpc) is 2.32. The van der Waals surface area contributed by atoms with Crippen LogP contribution in [0.15, 0.2) is 42.5 Å². The van der Waals surface area contributed by atoms with E-state index in [1.54, 1.807) is 37.3 Å². The van der Waals surface area contributed by atoms with Gasteiger partial charge in [-0.05, 0) is 30.7 Å². The van der Waals surface area contributed by atoms with E-state index in [0.717, 1.165) is 0 Å². The van der Waals surface area contributed by atoms with Crippen molar-refractivity contribution in [3.05, 3.63) is 65.2 Å². The summed E-state index contributed by atoms with van der Waals surface area (Å²) in [5.74, 6) is -0.517. The fourth-order valence-electron chi connectivity index (χ4n) is 1.54. The lowest BCUT2D eigenvalue weighted by molar-refractivity contribution is 0.612. The quantitative estimate of drug-likeness (QED) is 0.848. The maximum Gasteiger partial charge on any atom is 0.128 e. The Balaban J connectivity index is 2.08. The molecule has 2 rings (SSSR count). The second-order valence-electron chi connectivity index (χ2n) is 3.91. The van der Waals surface area contributed by atoms with Gasteiger partial charge in [0.15, 0.2) is 0 Å². The molecular weight excluding hydrogens is 220 g/mol. The minimum absolute atomic E-state index is 0.257. The molecule has 0 unspecified atom stereocenters. The van der Waals surface area contributed by atoms with Gasteiger partial charge in [0.05, 0.1) is 0 Å². The predicted molar refractivity (Wildman–Crippen MR) is 64.9 cm³/mol. The van der Waals surface area contributed by atoms with Crippen LogP contribution in [0.25, 0.3) is 0 Å². The molecule has 0 radical (unpaired) electrons. The summed E-state index contributed by atoms with van der Waals surface area (Å²) in [6, 6.07) is 11.4. The van der Waals surface area contributed by atoms with Crippen molar-refractivity contribution in [1.82, 2.24) is 0 Å². The second kappa shape index (κ2) is 4.95. The number of aryl methyl sites for hydroxylation is 1. The normalized spacial score (nSPS) is 10.3. The van der Waals surface area contributed by atoms with E-state index in [4.69, 9.17) is 0 Å². The van der Waals surface area contributed by atoms with Crippen LogP contribution in [-0.2, 0) is 6.54 Å². The summed E-state index contributed by atoms with van der Waals surface area (Å²) >= 11 is 0. The molecule has 0 heterocycles. The zero-order valence-electron chi connectivity index (χ0n) is 9.50. The third-order valence-corrected chi connectivity index (χ3v) is 2.61. The highest BCUT2D eigenvalue weighted by atomic mass is 19.1. The van der Waals surface area contributed by atoms with E-state index in [2.05, 4.69) is 5.32 Å². The Bertz CT molecular complexity index is 523. The van der Waals surface area contributed by atoms with Crippen LogP contribution in [0.4, 0.5) is 14.5 Å². The summed E-state index contributed by atoms with van der Waals surface area (Å²) in [6.07, 6.45) is 0. The van der Waals surface area contributed by atoms with E-state index in [9.17, 15) is 8.78 Å². The molecule has 0 spiro atoms. The summed E-state index contributed by atoms with van der Waals surface area (Å²) in [5, 5.41) is 2.99. The minimum Gasteiger partial charge on any atom is -0.381 e. The third-order valence-electron chi connectivity index (χ3n) is 2.61. The van der Waals surface area contributed by atoms with Crippen LogP contribution in [0, 0.1) is 18.6 Å². The van der Waals surface area contributed by atoms with Crippen molar-refractivity contribution in [3.63, 3.8) is 0 Å². The molecule has 0 fully saturated rings. The first-order valence-corrected chi connectivity index (χ1v) is 5.40. The van der Waals surface area contributed by atoms with E-state index in [0.29, 0.717) is 23.4 Å². The number of rotatable bonds is 3. The molecule has 0 aliphatic heterocycles. The van der Waals surface area contributed by atoms with Gasteiger partial charge in [-0.25, -0.2) is 8.78 Å². The highest BCUT2D eigenvalue weighted by Crippen LogP contribution is 2.15. The monoisotopic (exact) mass is 233 g/mol. The van der Waals surface area contributed by atoms with Gasteiger partial charge in [-0.1, -0.05) is 24.3 Å². The summed E-state index contributed by atoms with van der Waals surface area (Å²) in [4.78, 5) is 0. The highest BCUT2D eigenvalue weighted by Gasteiger charge is 2.02. The van der Waals surface area contributed by atoms with E-state index in [1.807, 2.05) is 0 Å². The van der Waals surface area contributed by atoms with Crippen molar-refractivity contribution in [2.45, 2.75) is 13.5 Å². The number of benzene rings is 2. The first-order chi connectivity index (χ1) is 8.16. The molecule has 88 valence electrons. The summed E-state index contributed by atoms with van der Waals surface area (Å²) in [7, 11) is 0. The van der Waals surface area contributed by atoms with Crippen molar-refractivity contribution < 1.29 is 8.78 Å². The molecule has 0 saturated carbocycles. The van der Waals surface area contributed by atoms with Crippen molar-refractivity contribution in [2.75, 3.05) is 5.32 Å². The van der Waals surface area contributed by atoms with Gasteiger partial charge in [0.1, 0.15) is 11.6 Å². The molecule has 2 aromatic rings. The topological polar surface area (TPSA) is 12.0 Å². The molecule has 0 bridgehead atoms. The molecule has 3 heteroatoms. The molecule has 2 aromatic carbocycles. The Morgan fingerprint density at radius 1 is 1.00 bits per heavy atom. The van der Waals surface area contributed by atoms with Gasteiger partial charge in [-0.15, -0.1) is 0 Å². The lowest BCUT2D eigenvalue weighted by Gasteiger charge is -2.08. The Hall–Kier alpha value is -1.90. The number of hydrogen-bond acceptors (Lipinski definition) is 1. The Kier molecular flexibility index (Phi) is 3.38. The molecule has 0 aliphatic rings. The first kappa shape index (κ1) is 11.6. The van der Waals surface area contributed by atoms with Gasteiger partial charge in [-0.2, -0.15) is 0 Å². The van der Waals surface area contributed by atoms with Gasteiger partial charge in [0, 0.05) is 17.8 Å². The molecular formula is C14H13F2N. The van der Waals surface area contributed by atoms with Crippen LogP contribution in [0.2, 0.25) is 0 Å². The molecule has 1 N–H and O–H groups in total. The van der Waals surface area contributed by atoms with Crippen LogP contribution < -0.4 is 5.32 Å². The van der Waals surface area contributed by atoms with Gasteiger partial charge < -0.3 is 5.32 Å². The Morgan fingerprint density at radius 2 is 1.76 bits per heavy atom. The SMILES string of the molecule is Cc1ccc(NCc2ccccc2F)cc1F. The minimum atomic E-state index is -0.261. The zero-order valence-corrected chi connectivity index (χ0v) is 9.50. The number of anilines is 1. The van der Waals surface area contributed by atoms with E-state index >= 15 is 0 Å². The number of halogens is 2. The van der Waals surface area contributed by atoms with Crippen LogP contribution in [0.5, 0.6) is 0 Å². The lowest BCUT2D eigenvalue weighted by atomic mass is 10.2. The van der Waals surface area contributed by atoms with Crippen LogP contribution in [-0.4, -0.2) is 0 Å². The fourth-order valence-corrected chi connectivity index (χ4v) is 1.54. The van der Waals surface area contributed by atoms with E-state index < -0.39 is 0 Å². The van der Waals surface area contributed by atoms with Gasteiger partial charge in [0.2, 0.25) is 0 Å². The first-order valence-electron chi connectivity index (χ1n) is 5.40. The van der Waals surface area contributed by atoms with E-state index in [1.165, 1.54) is 12.1 Å². The predicted octanol–water partition coefficient (Wildman–Crippen LogP) is 3.89. The van der Waals surface area contributed by atoms with Crippen LogP contribution >= 0.6 is 0 Å². The van der Waals surface area contributed by atoms with Crippen LogP contribution in [0.3, 0.4) is 0 Å². The molecule has 0 amide bonds. The Labute approximate surface area is 99.1 Å². The maximum absolute atomic E-state index is 13.3. The van der Waals surface area contributed by atoms with Crippen molar-refractivity contribution >= 4 is 5.69 Å². The lowest BCUT2D eigenvalue weighted by Crippen LogP contribution is -2.02. The molecule has 0 atom stereocenters. The average molecular weight is 233 g/mol. The fraction of sp³-hybridized carbons (Fsp3) is 0.143. The van der Waals surface area contributed by atoms with Crippen molar-refractivity contribution in [1.29, 1.82) is 0 Å². The van der Waals surface area contributed by atoms with Crippen molar-refractivity contribution in [2.24, 2.45) is 0 Å². The molecule has 17 heavy (non-hydrogen) atoms. The Morgan fingerprint density at radius 3 is 2.47 bits per heavy atom. The number of hydrogen-bond donors (Lipinski definition) is 1. The maximum atomic E-state index is 13.3. The molecule has 0 aliphatic carbocycles. The molecule has 0 saturated heterocycles.